The Hall–Kier alpha value is -5.73. The minimum atomic E-state index is 0.157. The normalized spacial score (nSPS) is 15.8. The van der Waals surface area contributed by atoms with Gasteiger partial charge >= 0.3 is 0 Å². The molecule has 1 spiro atoms. The third kappa shape index (κ3) is 4.91. The lowest BCUT2D eigenvalue weighted by Gasteiger charge is -2.48. The van der Waals surface area contributed by atoms with Crippen LogP contribution in [0, 0.1) is 16.7 Å². The lowest BCUT2D eigenvalue weighted by Crippen LogP contribution is -2.58. The van der Waals surface area contributed by atoms with Crippen molar-refractivity contribution in [1.29, 1.82) is 5.26 Å². The fourth-order valence-corrected chi connectivity index (χ4v) is 6.59. The molecule has 0 unspecified atom stereocenters. The number of anilines is 2. The van der Waals surface area contributed by atoms with Crippen molar-refractivity contribution in [3.05, 3.63) is 103 Å². The SMILES string of the molecule is N#Cc1ncnc(N2CC3(CCN(Cc4ccc(-n5c(-c6cccnc6N)nc6ccc(-c7ccccc7)nc65)cc4)C3)C2)n1. The monoisotopic (exact) mass is 591 g/mol. The molecule has 220 valence electrons. The Balaban J connectivity index is 1.05. The Morgan fingerprint density at radius 2 is 1.69 bits per heavy atom. The van der Waals surface area contributed by atoms with Crippen LogP contribution >= 0.6 is 0 Å². The molecule has 6 heterocycles. The molecule has 0 saturated carbocycles. The molecule has 2 aliphatic rings. The third-order valence-electron chi connectivity index (χ3n) is 8.77. The molecule has 0 aliphatic carbocycles. The van der Waals surface area contributed by atoms with Gasteiger partial charge in [-0.25, -0.2) is 24.9 Å². The Kier molecular flexibility index (Phi) is 6.43. The average molecular weight is 592 g/mol. The van der Waals surface area contributed by atoms with Crippen LogP contribution in [-0.2, 0) is 6.54 Å². The summed E-state index contributed by atoms with van der Waals surface area (Å²) in [6, 6.07) is 28.6. The predicted molar refractivity (Wildman–Crippen MR) is 171 cm³/mol. The summed E-state index contributed by atoms with van der Waals surface area (Å²) in [4.78, 5) is 31.4. The lowest BCUT2D eigenvalue weighted by atomic mass is 9.79. The van der Waals surface area contributed by atoms with Crippen LogP contribution in [0.15, 0.2) is 91.4 Å². The predicted octanol–water partition coefficient (Wildman–Crippen LogP) is 4.50. The van der Waals surface area contributed by atoms with E-state index in [0.717, 1.165) is 72.8 Å². The van der Waals surface area contributed by atoms with E-state index in [1.807, 2.05) is 48.5 Å². The van der Waals surface area contributed by atoms with Crippen molar-refractivity contribution < 1.29 is 0 Å². The van der Waals surface area contributed by atoms with Crippen molar-refractivity contribution in [2.75, 3.05) is 36.8 Å². The van der Waals surface area contributed by atoms with Crippen LogP contribution in [0.1, 0.15) is 17.8 Å². The summed E-state index contributed by atoms with van der Waals surface area (Å²) < 4.78 is 2.08. The largest absolute Gasteiger partial charge is 0.383 e. The van der Waals surface area contributed by atoms with Crippen molar-refractivity contribution in [1.82, 2.24) is 39.4 Å². The first kappa shape index (κ1) is 26.9. The number of aromatic nitrogens is 7. The first-order valence-electron chi connectivity index (χ1n) is 14.9. The molecule has 0 atom stereocenters. The zero-order chi connectivity index (χ0) is 30.4. The Morgan fingerprint density at radius 3 is 2.49 bits per heavy atom. The lowest BCUT2D eigenvalue weighted by molar-refractivity contribution is 0.200. The summed E-state index contributed by atoms with van der Waals surface area (Å²) in [6.07, 6.45) is 4.23. The second-order valence-corrected chi connectivity index (χ2v) is 11.8. The number of imidazole rings is 1. The van der Waals surface area contributed by atoms with Crippen molar-refractivity contribution >= 4 is 22.9 Å². The first-order chi connectivity index (χ1) is 22.1. The van der Waals surface area contributed by atoms with Gasteiger partial charge in [0.25, 0.3) is 0 Å². The summed E-state index contributed by atoms with van der Waals surface area (Å²) in [6.45, 7) is 4.71. The Labute approximate surface area is 259 Å². The van der Waals surface area contributed by atoms with Gasteiger partial charge in [0.2, 0.25) is 11.8 Å². The molecule has 11 heteroatoms. The zero-order valence-corrected chi connectivity index (χ0v) is 24.5. The molecule has 2 aromatic carbocycles. The number of fused-ring (bicyclic) bond motifs is 1. The van der Waals surface area contributed by atoms with Crippen LogP contribution in [0.5, 0.6) is 0 Å². The molecule has 6 aromatic rings. The molecule has 2 fully saturated rings. The quantitative estimate of drug-likeness (QED) is 0.295. The number of nitrogen functional groups attached to an aromatic ring is 1. The molecule has 2 saturated heterocycles. The van der Waals surface area contributed by atoms with Crippen LogP contribution in [0.4, 0.5) is 11.8 Å². The number of benzene rings is 2. The van der Waals surface area contributed by atoms with E-state index in [4.69, 9.17) is 21.0 Å². The van der Waals surface area contributed by atoms with Gasteiger partial charge in [0.15, 0.2) is 11.5 Å². The van der Waals surface area contributed by atoms with Crippen LogP contribution in [-0.4, -0.2) is 65.5 Å². The highest BCUT2D eigenvalue weighted by atomic mass is 15.3. The number of nitriles is 1. The van der Waals surface area contributed by atoms with Gasteiger partial charge in [0, 0.05) is 49.0 Å². The maximum absolute atomic E-state index is 9.12. The summed E-state index contributed by atoms with van der Waals surface area (Å²) in [5.74, 6) is 1.88. The summed E-state index contributed by atoms with van der Waals surface area (Å²) in [5, 5.41) is 9.12. The molecule has 0 amide bonds. The van der Waals surface area contributed by atoms with Crippen LogP contribution < -0.4 is 10.6 Å². The van der Waals surface area contributed by atoms with Crippen molar-refractivity contribution in [3.63, 3.8) is 0 Å². The highest BCUT2D eigenvalue weighted by Gasteiger charge is 2.48. The van der Waals surface area contributed by atoms with Crippen molar-refractivity contribution in [3.8, 4) is 34.4 Å². The van der Waals surface area contributed by atoms with Gasteiger partial charge < -0.3 is 10.6 Å². The van der Waals surface area contributed by atoms with Gasteiger partial charge in [-0.05, 0) is 54.9 Å². The number of rotatable bonds is 6. The van der Waals surface area contributed by atoms with E-state index in [-0.39, 0.29) is 11.2 Å². The number of pyridine rings is 2. The summed E-state index contributed by atoms with van der Waals surface area (Å²) >= 11 is 0. The highest BCUT2D eigenvalue weighted by Crippen LogP contribution is 2.41. The minimum absolute atomic E-state index is 0.157. The fraction of sp³-hybridized carbons (Fsp3) is 0.206. The van der Waals surface area contributed by atoms with E-state index in [2.05, 4.69) is 70.7 Å². The second kappa shape index (κ2) is 10.8. The molecule has 8 rings (SSSR count). The van der Waals surface area contributed by atoms with Gasteiger partial charge in [0.05, 0.1) is 11.3 Å². The molecular weight excluding hydrogens is 562 g/mol. The van der Waals surface area contributed by atoms with E-state index in [9.17, 15) is 0 Å². The topological polar surface area (TPSA) is 139 Å². The molecule has 4 aromatic heterocycles. The molecular formula is C34H29N11. The Bertz CT molecular complexity index is 2060. The van der Waals surface area contributed by atoms with Crippen molar-refractivity contribution in [2.45, 2.75) is 13.0 Å². The molecule has 2 aliphatic heterocycles. The van der Waals surface area contributed by atoms with Crippen LogP contribution in [0.3, 0.4) is 0 Å². The van der Waals surface area contributed by atoms with Gasteiger partial charge in [0.1, 0.15) is 23.7 Å². The van der Waals surface area contributed by atoms with E-state index in [1.54, 1.807) is 6.20 Å². The van der Waals surface area contributed by atoms with E-state index < -0.39 is 0 Å². The van der Waals surface area contributed by atoms with Gasteiger partial charge in [-0.2, -0.15) is 10.2 Å². The molecule has 0 bridgehead atoms. The summed E-state index contributed by atoms with van der Waals surface area (Å²) in [7, 11) is 0. The molecule has 11 nitrogen and oxygen atoms in total. The fourth-order valence-electron chi connectivity index (χ4n) is 6.59. The van der Waals surface area contributed by atoms with E-state index in [0.29, 0.717) is 17.6 Å². The van der Waals surface area contributed by atoms with E-state index >= 15 is 0 Å². The molecule has 2 N–H and O–H groups in total. The second-order valence-electron chi connectivity index (χ2n) is 11.8. The number of nitrogens with zero attached hydrogens (tertiary/aromatic N) is 10. The average Bonchev–Trinajstić information content (AvgIpc) is 3.67. The summed E-state index contributed by atoms with van der Waals surface area (Å²) in [5.41, 5.74) is 13.0. The van der Waals surface area contributed by atoms with Crippen LogP contribution in [0.2, 0.25) is 0 Å². The minimum Gasteiger partial charge on any atom is -0.383 e. The first-order valence-corrected chi connectivity index (χ1v) is 14.9. The van der Waals surface area contributed by atoms with Crippen molar-refractivity contribution in [2.24, 2.45) is 5.41 Å². The number of hydrogen-bond donors (Lipinski definition) is 1. The number of nitrogens with two attached hydrogens (primary N) is 1. The highest BCUT2D eigenvalue weighted by molar-refractivity contribution is 5.84. The van der Waals surface area contributed by atoms with E-state index in [1.165, 1.54) is 11.9 Å². The smallest absolute Gasteiger partial charge is 0.236 e. The van der Waals surface area contributed by atoms with Crippen LogP contribution in [0.25, 0.3) is 39.5 Å². The number of hydrogen-bond acceptors (Lipinski definition) is 10. The Morgan fingerprint density at radius 1 is 0.844 bits per heavy atom. The zero-order valence-electron chi connectivity index (χ0n) is 24.5. The number of likely N-dealkylation sites (tertiary alicyclic amines) is 1. The van der Waals surface area contributed by atoms with Gasteiger partial charge in [-0.1, -0.05) is 42.5 Å². The molecule has 0 radical (unpaired) electrons. The van der Waals surface area contributed by atoms with Gasteiger partial charge in [-0.3, -0.25) is 9.47 Å². The third-order valence-corrected chi connectivity index (χ3v) is 8.77. The molecule has 45 heavy (non-hydrogen) atoms. The standard InChI is InChI=1S/C34H29N11/c35-17-29-38-22-39-33(42-29)44-20-34(21-44)14-16-43(19-34)18-23-8-10-25(11-9-23)45-31(26-7-4-15-37-30(26)36)41-28-13-12-27(40-32(28)45)24-5-2-1-3-6-24/h1-13,15,22H,14,16,18-21H2,(H2,36,37). The van der Waals surface area contributed by atoms with Gasteiger partial charge in [-0.15, -0.1) is 0 Å². The maximum Gasteiger partial charge on any atom is 0.236 e. The maximum atomic E-state index is 9.12.